The van der Waals surface area contributed by atoms with Crippen LogP contribution in [0.3, 0.4) is 0 Å². The molecule has 4 rings (SSSR count). The van der Waals surface area contributed by atoms with Crippen LogP contribution in [0.4, 0.5) is 0 Å². The second kappa shape index (κ2) is 6.78. The van der Waals surface area contributed by atoms with Crippen LogP contribution in [-0.4, -0.2) is 11.4 Å². The molecule has 0 N–H and O–H groups in total. The Kier molecular flexibility index (Phi) is 5.95. The van der Waals surface area contributed by atoms with Crippen LogP contribution in [0.15, 0.2) is 81.1 Å². The van der Waals surface area contributed by atoms with Gasteiger partial charge in [0.2, 0.25) is 0 Å². The van der Waals surface area contributed by atoms with Gasteiger partial charge in [-0.2, -0.15) is 0 Å². The molecule has 110 valence electrons. The van der Waals surface area contributed by atoms with Gasteiger partial charge in [0.1, 0.15) is 0 Å². The molecule has 0 spiro atoms. The second-order valence-corrected chi connectivity index (χ2v) is 5.64. The van der Waals surface area contributed by atoms with E-state index >= 15 is 0 Å². The summed E-state index contributed by atoms with van der Waals surface area (Å²) in [4.78, 5) is 9.47. The van der Waals surface area contributed by atoms with E-state index in [0.29, 0.717) is 0 Å². The average molecular weight is 408 g/mol. The molecule has 2 aliphatic heterocycles. The molecule has 4 aliphatic rings. The van der Waals surface area contributed by atoms with Crippen LogP contribution >= 0.6 is 0 Å². The molecule has 0 saturated carbocycles. The van der Waals surface area contributed by atoms with E-state index in [1.165, 1.54) is 11.1 Å². The van der Waals surface area contributed by atoms with Gasteiger partial charge in [0, 0.05) is 16.6 Å². The van der Waals surface area contributed by atoms with E-state index in [2.05, 4.69) is 50.3 Å². The summed E-state index contributed by atoms with van der Waals surface area (Å²) in [5, 5.41) is 0. The minimum atomic E-state index is -0.155. The van der Waals surface area contributed by atoms with Crippen molar-refractivity contribution in [2.24, 2.45) is 15.4 Å². The average Bonchev–Trinajstić information content (AvgIpc) is 3.07. The third-order valence-corrected chi connectivity index (χ3v) is 4.00. The van der Waals surface area contributed by atoms with Crippen LogP contribution < -0.4 is 24.8 Å². The minimum absolute atomic E-state index is 0. The third kappa shape index (κ3) is 2.87. The molecule has 0 aromatic rings. The third-order valence-electron chi connectivity index (χ3n) is 4.00. The number of aliphatic imine (C=N–C) groups is 2. The van der Waals surface area contributed by atoms with Crippen molar-refractivity contribution >= 4 is 11.4 Å². The van der Waals surface area contributed by atoms with Gasteiger partial charge in [-0.3, -0.25) is 9.98 Å². The molecule has 0 atom stereocenters. The Balaban J connectivity index is 0.000000807. The topological polar surface area (TPSA) is 24.7 Å². The summed E-state index contributed by atoms with van der Waals surface area (Å²) in [6.07, 6.45) is 16.8. The Morgan fingerprint density at radius 2 is 1.18 bits per heavy atom. The van der Waals surface area contributed by atoms with E-state index in [-0.39, 0.29) is 56.4 Å². The minimum Gasteiger partial charge on any atom is -1.00 e. The molecule has 2 aliphatic carbocycles. The van der Waals surface area contributed by atoms with Crippen molar-refractivity contribution in [1.82, 2.24) is 0 Å². The van der Waals surface area contributed by atoms with Crippen LogP contribution in [-0.2, 0) is 26.2 Å². The first kappa shape index (κ1) is 19.3. The molecule has 0 bridgehead atoms. The van der Waals surface area contributed by atoms with Crippen molar-refractivity contribution in [2.45, 2.75) is 13.8 Å². The van der Waals surface area contributed by atoms with Crippen LogP contribution in [0, 0.1) is 5.41 Å². The predicted molar refractivity (Wildman–Crippen MR) is 79.3 cm³/mol. The van der Waals surface area contributed by atoms with E-state index in [4.69, 9.17) is 9.98 Å². The molecule has 5 heteroatoms. The van der Waals surface area contributed by atoms with Gasteiger partial charge in [-0.15, -0.1) is 0 Å². The molecule has 0 saturated heterocycles. The fraction of sp³-hybridized carbons (Fsp3) is 0.176. The number of allylic oxidation sites excluding steroid dienone is 8. The quantitative estimate of drug-likeness (QED) is 0.491. The molecule has 2 nitrogen and oxygen atoms in total. The zero-order valence-electron chi connectivity index (χ0n) is 12.3. The number of hydrogen-bond acceptors (Lipinski definition) is 2. The van der Waals surface area contributed by atoms with E-state index in [1.54, 1.807) is 0 Å². The molecule has 0 aromatic heterocycles. The van der Waals surface area contributed by atoms with Gasteiger partial charge in [0.05, 0.1) is 22.8 Å². The maximum atomic E-state index is 4.74. The Morgan fingerprint density at radius 3 is 1.55 bits per heavy atom. The Hall–Kier alpha value is -0.757. The second-order valence-electron chi connectivity index (χ2n) is 5.64. The maximum absolute atomic E-state index is 4.74. The largest absolute Gasteiger partial charge is 2.00 e. The molecule has 0 aromatic carbocycles. The number of hydrogen-bond donors (Lipinski definition) is 0. The first-order valence-electron chi connectivity index (χ1n) is 6.54. The van der Waals surface area contributed by atoms with Gasteiger partial charge in [-0.25, -0.2) is 0 Å². The summed E-state index contributed by atoms with van der Waals surface area (Å²) in [5.41, 5.74) is 6.62. The Morgan fingerprint density at radius 1 is 0.773 bits per heavy atom. The van der Waals surface area contributed by atoms with Crippen LogP contribution in [0.1, 0.15) is 13.8 Å². The summed E-state index contributed by atoms with van der Waals surface area (Å²) in [6, 6.07) is 0. The van der Waals surface area contributed by atoms with E-state index < -0.39 is 0 Å². The Labute approximate surface area is 162 Å². The summed E-state index contributed by atoms with van der Waals surface area (Å²) < 4.78 is 0. The van der Waals surface area contributed by atoms with Crippen molar-refractivity contribution in [1.29, 1.82) is 0 Å². The number of rotatable bonds is 2. The van der Waals surface area contributed by atoms with Crippen molar-refractivity contribution in [3.63, 3.8) is 0 Å². The SMILES string of the molecule is CC(C)(C1=NC2=CC=CC2=C1)C1=NC2=CC=CC2=C1.[Cl-].[Cl-].[Zr+2]. The van der Waals surface area contributed by atoms with Gasteiger partial charge in [0.15, 0.2) is 0 Å². The first-order chi connectivity index (χ1) is 9.14. The zero-order chi connectivity index (χ0) is 13.0. The van der Waals surface area contributed by atoms with Gasteiger partial charge < -0.3 is 24.8 Å². The van der Waals surface area contributed by atoms with Crippen molar-refractivity contribution in [3.05, 3.63) is 71.1 Å². The van der Waals surface area contributed by atoms with Gasteiger partial charge in [0.25, 0.3) is 0 Å². The van der Waals surface area contributed by atoms with E-state index in [9.17, 15) is 0 Å². The summed E-state index contributed by atoms with van der Waals surface area (Å²) in [7, 11) is 0. The standard InChI is InChI=1S/C17H14N2.2ClH.Zr/c1-17(2,15-9-11-5-3-7-13(11)18-15)16-10-12-6-4-8-14(12)19-16;;;/h3-10H,1-2H3;2*1H;/q;;;+2/p-2. The summed E-state index contributed by atoms with van der Waals surface area (Å²) in [6.45, 7) is 4.38. The van der Waals surface area contributed by atoms with Crippen molar-refractivity contribution in [2.75, 3.05) is 0 Å². The molecular weight excluding hydrogens is 394 g/mol. The zero-order valence-corrected chi connectivity index (χ0v) is 16.2. The molecule has 2 heterocycles. The van der Waals surface area contributed by atoms with Crippen LogP contribution in [0.5, 0.6) is 0 Å². The molecular formula is C17H14Cl2N2Zr. The molecule has 0 fully saturated rings. The molecule has 22 heavy (non-hydrogen) atoms. The molecule has 0 radical (unpaired) electrons. The van der Waals surface area contributed by atoms with Gasteiger partial charge in [-0.05, 0) is 38.2 Å². The van der Waals surface area contributed by atoms with E-state index in [0.717, 1.165) is 22.8 Å². The smallest absolute Gasteiger partial charge is 1.00 e. The van der Waals surface area contributed by atoms with Crippen LogP contribution in [0.25, 0.3) is 0 Å². The van der Waals surface area contributed by atoms with Crippen molar-refractivity contribution < 1.29 is 51.0 Å². The predicted octanol–water partition coefficient (Wildman–Crippen LogP) is -2.31. The van der Waals surface area contributed by atoms with Crippen molar-refractivity contribution in [3.8, 4) is 0 Å². The van der Waals surface area contributed by atoms with Crippen LogP contribution in [0.2, 0.25) is 0 Å². The fourth-order valence-corrected chi connectivity index (χ4v) is 2.69. The summed E-state index contributed by atoms with van der Waals surface area (Å²) >= 11 is 0. The Bertz CT molecular complexity index is 683. The maximum Gasteiger partial charge on any atom is 2.00 e. The molecule has 0 unspecified atom stereocenters. The summed E-state index contributed by atoms with van der Waals surface area (Å²) in [5.74, 6) is 0. The first-order valence-corrected chi connectivity index (χ1v) is 6.54. The van der Waals surface area contributed by atoms with Gasteiger partial charge >= 0.3 is 26.2 Å². The van der Waals surface area contributed by atoms with Gasteiger partial charge in [-0.1, -0.05) is 24.3 Å². The number of nitrogens with zero attached hydrogens (tertiary/aromatic N) is 2. The monoisotopic (exact) mass is 406 g/mol. The number of fused-ring (bicyclic) bond motifs is 2. The van der Waals surface area contributed by atoms with E-state index in [1.807, 2.05) is 12.2 Å². The fourth-order valence-electron chi connectivity index (χ4n) is 2.69. The number of halogens is 2. The normalized spacial score (nSPS) is 19.5. The molecule has 0 amide bonds.